The summed E-state index contributed by atoms with van der Waals surface area (Å²) in [6.45, 7) is 2.32. The van der Waals surface area contributed by atoms with Crippen LogP contribution in [0.15, 0.2) is 18.2 Å². The van der Waals surface area contributed by atoms with Gasteiger partial charge in [-0.05, 0) is 93.0 Å². The average molecular weight is 375 g/mol. The van der Waals surface area contributed by atoms with Crippen molar-refractivity contribution in [2.75, 3.05) is 19.5 Å². The highest BCUT2D eigenvalue weighted by Gasteiger charge is 2.53. The maximum absolute atomic E-state index is 5.64. The largest absolute Gasteiger partial charge is 0.497 e. The molecule has 142 valence electrons. The first-order chi connectivity index (χ1) is 12.5. The lowest BCUT2D eigenvalue weighted by molar-refractivity contribution is -0.0671. The van der Waals surface area contributed by atoms with E-state index in [1.807, 2.05) is 18.2 Å². The van der Waals surface area contributed by atoms with Crippen LogP contribution in [0.3, 0.4) is 0 Å². The van der Waals surface area contributed by atoms with E-state index in [9.17, 15) is 0 Å². The minimum atomic E-state index is 0.396. The molecule has 4 aliphatic rings. The molecule has 4 fully saturated rings. The summed E-state index contributed by atoms with van der Waals surface area (Å²) in [5.74, 6) is 4.39. The lowest BCUT2D eigenvalue weighted by Crippen LogP contribution is -2.56. The van der Waals surface area contributed by atoms with Crippen LogP contribution >= 0.6 is 12.2 Å². The SMILES string of the molecule is COc1ccc(OC)c(NC(=S)NC(C)C23CC4CC(CC(C4)C2)C3)c1. The average Bonchev–Trinajstić information content (AvgIpc) is 2.60. The fraction of sp³-hybridized carbons (Fsp3) is 0.667. The molecule has 5 heteroatoms. The van der Waals surface area contributed by atoms with Crippen LogP contribution in [0.25, 0.3) is 0 Å². The highest BCUT2D eigenvalue weighted by molar-refractivity contribution is 7.80. The zero-order valence-electron chi connectivity index (χ0n) is 16.0. The Kier molecular flexibility index (Phi) is 4.76. The molecule has 0 amide bonds. The Morgan fingerprint density at radius 1 is 1.08 bits per heavy atom. The van der Waals surface area contributed by atoms with Crippen molar-refractivity contribution in [3.8, 4) is 11.5 Å². The van der Waals surface area contributed by atoms with Crippen molar-refractivity contribution in [3.63, 3.8) is 0 Å². The quantitative estimate of drug-likeness (QED) is 0.738. The van der Waals surface area contributed by atoms with E-state index in [2.05, 4.69) is 17.6 Å². The van der Waals surface area contributed by atoms with Gasteiger partial charge < -0.3 is 20.1 Å². The Morgan fingerprint density at radius 2 is 1.69 bits per heavy atom. The summed E-state index contributed by atoms with van der Waals surface area (Å²) in [5.41, 5.74) is 1.26. The van der Waals surface area contributed by atoms with Gasteiger partial charge in [0, 0.05) is 12.1 Å². The van der Waals surface area contributed by atoms with Crippen molar-refractivity contribution in [1.29, 1.82) is 0 Å². The fourth-order valence-electron chi connectivity index (χ4n) is 6.13. The molecule has 2 N–H and O–H groups in total. The molecule has 1 atom stereocenters. The van der Waals surface area contributed by atoms with Crippen molar-refractivity contribution >= 4 is 23.0 Å². The summed E-state index contributed by atoms with van der Waals surface area (Å²) in [7, 11) is 3.33. The lowest BCUT2D eigenvalue weighted by Gasteiger charge is -2.59. The van der Waals surface area contributed by atoms with Crippen LogP contribution in [0.1, 0.15) is 45.4 Å². The smallest absolute Gasteiger partial charge is 0.171 e. The van der Waals surface area contributed by atoms with Gasteiger partial charge in [0.25, 0.3) is 0 Å². The normalized spacial score (nSPS) is 32.8. The second-order valence-electron chi connectivity index (χ2n) is 8.67. The molecule has 1 aromatic carbocycles. The van der Waals surface area contributed by atoms with Crippen LogP contribution in [0.4, 0.5) is 5.69 Å². The van der Waals surface area contributed by atoms with E-state index in [4.69, 9.17) is 21.7 Å². The Balaban J connectivity index is 1.44. The first-order valence-electron chi connectivity index (χ1n) is 9.81. The predicted octanol–water partition coefficient (Wildman–Crippen LogP) is 4.60. The molecule has 4 bridgehead atoms. The van der Waals surface area contributed by atoms with Gasteiger partial charge in [-0.3, -0.25) is 0 Å². The van der Waals surface area contributed by atoms with Crippen molar-refractivity contribution in [2.24, 2.45) is 23.2 Å². The van der Waals surface area contributed by atoms with Crippen LogP contribution < -0.4 is 20.1 Å². The molecule has 1 unspecified atom stereocenters. The van der Waals surface area contributed by atoms with Crippen molar-refractivity contribution < 1.29 is 9.47 Å². The summed E-state index contributed by atoms with van der Waals surface area (Å²) in [4.78, 5) is 0. The van der Waals surface area contributed by atoms with E-state index in [1.165, 1.54) is 38.5 Å². The second kappa shape index (κ2) is 6.91. The van der Waals surface area contributed by atoms with Gasteiger partial charge in [-0.15, -0.1) is 0 Å². The molecule has 4 saturated carbocycles. The van der Waals surface area contributed by atoms with Gasteiger partial charge >= 0.3 is 0 Å². The lowest BCUT2D eigenvalue weighted by atomic mass is 9.48. The van der Waals surface area contributed by atoms with E-state index < -0.39 is 0 Å². The Hall–Kier alpha value is -1.49. The third kappa shape index (κ3) is 3.26. The predicted molar refractivity (Wildman–Crippen MR) is 109 cm³/mol. The summed E-state index contributed by atoms with van der Waals surface area (Å²) in [6.07, 6.45) is 8.52. The molecule has 0 spiro atoms. The molecule has 0 aliphatic heterocycles. The summed E-state index contributed by atoms with van der Waals surface area (Å²) < 4.78 is 10.8. The standard InChI is InChI=1S/C21H30N2O2S/c1-13(21-10-14-6-15(11-21)8-16(7-14)12-21)22-20(26)23-18-9-17(24-2)4-5-19(18)25-3/h4-5,9,13-16H,6-8,10-12H2,1-3H3,(H2,22,23,26). The minimum absolute atomic E-state index is 0.396. The maximum atomic E-state index is 5.64. The zero-order chi connectivity index (χ0) is 18.3. The zero-order valence-corrected chi connectivity index (χ0v) is 16.8. The number of nitrogens with one attached hydrogen (secondary N) is 2. The number of hydrogen-bond donors (Lipinski definition) is 2. The minimum Gasteiger partial charge on any atom is -0.497 e. The summed E-state index contributed by atoms with van der Waals surface area (Å²) in [5, 5.41) is 7.58. The molecule has 0 radical (unpaired) electrons. The van der Waals surface area contributed by atoms with Crippen LogP contribution in [-0.2, 0) is 0 Å². The van der Waals surface area contributed by atoms with E-state index in [1.54, 1.807) is 14.2 Å². The third-order valence-electron chi connectivity index (χ3n) is 7.01. The number of thiocarbonyl (C=S) groups is 1. The summed E-state index contributed by atoms with van der Waals surface area (Å²) >= 11 is 5.64. The van der Waals surface area contributed by atoms with E-state index in [-0.39, 0.29) is 0 Å². The van der Waals surface area contributed by atoms with Crippen molar-refractivity contribution in [1.82, 2.24) is 5.32 Å². The highest BCUT2D eigenvalue weighted by Crippen LogP contribution is 2.61. The van der Waals surface area contributed by atoms with Gasteiger partial charge in [0.05, 0.1) is 19.9 Å². The molecule has 0 aromatic heterocycles. The number of anilines is 1. The van der Waals surface area contributed by atoms with E-state index >= 15 is 0 Å². The molecule has 4 aliphatic carbocycles. The van der Waals surface area contributed by atoms with Gasteiger partial charge in [0.2, 0.25) is 0 Å². The molecule has 5 rings (SSSR count). The maximum Gasteiger partial charge on any atom is 0.171 e. The van der Waals surface area contributed by atoms with Crippen molar-refractivity contribution in [3.05, 3.63) is 18.2 Å². The molecular weight excluding hydrogens is 344 g/mol. The number of rotatable bonds is 5. The fourth-order valence-corrected chi connectivity index (χ4v) is 6.41. The molecule has 0 heterocycles. The first-order valence-corrected chi connectivity index (χ1v) is 10.2. The van der Waals surface area contributed by atoms with Gasteiger partial charge in [0.15, 0.2) is 5.11 Å². The highest BCUT2D eigenvalue weighted by atomic mass is 32.1. The molecule has 4 nitrogen and oxygen atoms in total. The number of hydrogen-bond acceptors (Lipinski definition) is 3. The van der Waals surface area contributed by atoms with Crippen LogP contribution in [-0.4, -0.2) is 25.4 Å². The monoisotopic (exact) mass is 374 g/mol. The first kappa shape index (κ1) is 17.9. The summed E-state index contributed by atoms with van der Waals surface area (Å²) in [6, 6.07) is 6.10. The number of benzene rings is 1. The second-order valence-corrected chi connectivity index (χ2v) is 9.07. The molecule has 26 heavy (non-hydrogen) atoms. The van der Waals surface area contributed by atoms with Crippen LogP contribution in [0.2, 0.25) is 0 Å². The number of methoxy groups -OCH3 is 2. The van der Waals surface area contributed by atoms with Gasteiger partial charge in [-0.1, -0.05) is 0 Å². The van der Waals surface area contributed by atoms with E-state index in [0.29, 0.717) is 16.6 Å². The van der Waals surface area contributed by atoms with E-state index in [0.717, 1.165) is 34.9 Å². The van der Waals surface area contributed by atoms with Gasteiger partial charge in [0.1, 0.15) is 11.5 Å². The van der Waals surface area contributed by atoms with Crippen LogP contribution in [0.5, 0.6) is 11.5 Å². The Bertz CT molecular complexity index is 655. The molecule has 1 aromatic rings. The van der Waals surface area contributed by atoms with Gasteiger partial charge in [-0.25, -0.2) is 0 Å². The Morgan fingerprint density at radius 3 is 2.23 bits per heavy atom. The Labute approximate surface area is 162 Å². The van der Waals surface area contributed by atoms with Crippen LogP contribution in [0, 0.1) is 23.2 Å². The molecule has 0 saturated heterocycles. The van der Waals surface area contributed by atoms with Crippen molar-refractivity contribution in [2.45, 2.75) is 51.5 Å². The molecular formula is C21H30N2O2S. The third-order valence-corrected chi connectivity index (χ3v) is 7.23. The number of ether oxygens (including phenoxy) is 2. The topological polar surface area (TPSA) is 42.5 Å². The van der Waals surface area contributed by atoms with Gasteiger partial charge in [-0.2, -0.15) is 0 Å².